The molecular weight excluding hydrogens is 413 g/mol. The summed E-state index contributed by atoms with van der Waals surface area (Å²) in [6, 6.07) is 3.84. The Bertz CT molecular complexity index is 955. The molecule has 2 aliphatic heterocycles. The normalized spacial score (nSPS) is 27.5. The van der Waals surface area contributed by atoms with E-state index in [4.69, 9.17) is 0 Å². The van der Waals surface area contributed by atoms with E-state index in [-0.39, 0.29) is 23.5 Å². The first-order valence-electron chi connectivity index (χ1n) is 10.7. The van der Waals surface area contributed by atoms with E-state index < -0.39 is 12.0 Å². The predicted molar refractivity (Wildman–Crippen MR) is 105 cm³/mol. The third kappa shape index (κ3) is 4.05. The summed E-state index contributed by atoms with van der Waals surface area (Å²) >= 11 is 0. The molecule has 2 aromatic heterocycles. The van der Waals surface area contributed by atoms with Crippen molar-refractivity contribution in [2.45, 2.75) is 50.4 Å². The Morgan fingerprint density at radius 2 is 1.94 bits per heavy atom. The molecule has 3 atom stereocenters. The van der Waals surface area contributed by atoms with E-state index in [0.29, 0.717) is 43.7 Å². The maximum absolute atomic E-state index is 13.1. The minimum absolute atomic E-state index is 0.0488. The summed E-state index contributed by atoms with van der Waals surface area (Å²) < 4.78 is 40.0. The van der Waals surface area contributed by atoms with Crippen molar-refractivity contribution in [2.75, 3.05) is 24.5 Å². The molecule has 9 nitrogen and oxygen atoms in total. The van der Waals surface area contributed by atoms with Crippen LogP contribution in [0.2, 0.25) is 0 Å². The molecule has 3 fully saturated rings. The number of hydrogen-bond donors (Lipinski definition) is 3. The predicted octanol–water partition coefficient (Wildman–Crippen LogP) is 1.12. The number of aromatic nitrogens is 4. The molecule has 0 radical (unpaired) electrons. The van der Waals surface area contributed by atoms with Crippen LogP contribution in [0.3, 0.4) is 0 Å². The van der Waals surface area contributed by atoms with Crippen molar-refractivity contribution < 1.29 is 18.0 Å². The lowest BCUT2D eigenvalue weighted by molar-refractivity contribution is -0.146. The van der Waals surface area contributed by atoms with Crippen molar-refractivity contribution in [2.24, 2.45) is 11.8 Å². The quantitative estimate of drug-likeness (QED) is 0.661. The molecule has 1 amide bonds. The van der Waals surface area contributed by atoms with Gasteiger partial charge in [0.05, 0.1) is 0 Å². The van der Waals surface area contributed by atoms with Crippen LogP contribution in [0.25, 0.3) is 5.65 Å². The van der Waals surface area contributed by atoms with Crippen LogP contribution >= 0.6 is 0 Å². The molecule has 0 bridgehead atoms. The van der Waals surface area contributed by atoms with Crippen molar-refractivity contribution in [3.05, 3.63) is 18.0 Å². The second-order valence-electron chi connectivity index (χ2n) is 8.65. The number of anilines is 1. The van der Waals surface area contributed by atoms with Gasteiger partial charge in [-0.1, -0.05) is 0 Å². The number of piperidine rings is 1. The smallest absolute Gasteiger partial charge is 0.355 e. The van der Waals surface area contributed by atoms with Crippen LogP contribution in [0.1, 0.15) is 37.9 Å². The second kappa shape index (κ2) is 7.90. The summed E-state index contributed by atoms with van der Waals surface area (Å²) in [5, 5.41) is 14.1. The number of alkyl halides is 3. The zero-order valence-electron chi connectivity index (χ0n) is 16.9. The molecule has 3 unspecified atom stereocenters. The maximum atomic E-state index is 13.1. The van der Waals surface area contributed by atoms with E-state index in [1.54, 1.807) is 6.07 Å². The van der Waals surface area contributed by atoms with E-state index in [9.17, 15) is 18.0 Å². The lowest BCUT2D eigenvalue weighted by atomic mass is 9.82. The molecular formula is C19H25F3N8O. The SMILES string of the molecule is O=C(NC1CCC2NNCC2C1)C1CCN(c2ccc3nnc(C(F)(F)F)n3n2)CC1. The lowest BCUT2D eigenvalue weighted by Gasteiger charge is -2.35. The van der Waals surface area contributed by atoms with Crippen LogP contribution in [-0.4, -0.2) is 57.4 Å². The molecule has 12 heteroatoms. The Balaban J connectivity index is 1.19. The van der Waals surface area contributed by atoms with Gasteiger partial charge in [-0.25, -0.2) is 0 Å². The number of hydrogen-bond acceptors (Lipinski definition) is 7. The molecule has 5 rings (SSSR count). The average Bonchev–Trinajstić information content (AvgIpc) is 3.39. The van der Waals surface area contributed by atoms with E-state index in [1.807, 2.05) is 4.90 Å². The molecule has 3 aliphatic rings. The van der Waals surface area contributed by atoms with Gasteiger partial charge in [0.25, 0.3) is 5.82 Å². The number of hydrazine groups is 1. The summed E-state index contributed by atoms with van der Waals surface area (Å²) in [6.07, 6.45) is -0.327. The first kappa shape index (κ1) is 20.4. The van der Waals surface area contributed by atoms with E-state index in [0.717, 1.165) is 30.3 Å². The first-order chi connectivity index (χ1) is 14.9. The van der Waals surface area contributed by atoms with Gasteiger partial charge in [0.1, 0.15) is 5.82 Å². The molecule has 31 heavy (non-hydrogen) atoms. The maximum Gasteiger partial charge on any atom is 0.453 e. The summed E-state index contributed by atoms with van der Waals surface area (Å²) in [6.45, 7) is 2.06. The van der Waals surface area contributed by atoms with Crippen LogP contribution < -0.4 is 21.1 Å². The molecule has 0 spiro atoms. The van der Waals surface area contributed by atoms with Gasteiger partial charge in [-0.05, 0) is 50.2 Å². The Hall–Kier alpha value is -2.47. The topological polar surface area (TPSA) is 99.5 Å². The van der Waals surface area contributed by atoms with Gasteiger partial charge in [0, 0.05) is 37.6 Å². The number of halogens is 3. The largest absolute Gasteiger partial charge is 0.453 e. The third-order valence-electron chi connectivity index (χ3n) is 6.67. The monoisotopic (exact) mass is 438 g/mol. The standard InChI is InChI=1S/C19H25F3N8O/c20-19(21,22)18-27-26-15-3-4-16(28-30(15)18)29-7-5-11(6-8-29)17(31)24-13-1-2-14-12(9-13)10-23-25-14/h3-4,11-14,23,25H,1-2,5-10H2,(H,24,31). The summed E-state index contributed by atoms with van der Waals surface area (Å²) in [5.74, 6) is -0.153. The first-order valence-corrected chi connectivity index (χ1v) is 10.7. The molecule has 3 N–H and O–H groups in total. The van der Waals surface area contributed by atoms with Gasteiger partial charge in [0.15, 0.2) is 5.65 Å². The van der Waals surface area contributed by atoms with E-state index >= 15 is 0 Å². The van der Waals surface area contributed by atoms with E-state index in [2.05, 4.69) is 31.5 Å². The Morgan fingerprint density at radius 3 is 2.71 bits per heavy atom. The van der Waals surface area contributed by atoms with Crippen LogP contribution in [0.4, 0.5) is 19.0 Å². The summed E-state index contributed by atoms with van der Waals surface area (Å²) in [5.41, 5.74) is 6.54. The van der Waals surface area contributed by atoms with Crippen LogP contribution in [0.15, 0.2) is 12.1 Å². The van der Waals surface area contributed by atoms with Gasteiger partial charge in [0.2, 0.25) is 5.91 Å². The van der Waals surface area contributed by atoms with Crippen LogP contribution in [0, 0.1) is 11.8 Å². The number of amides is 1. The molecule has 2 saturated heterocycles. The van der Waals surface area contributed by atoms with Crippen molar-refractivity contribution in [3.8, 4) is 0 Å². The number of nitrogens with one attached hydrogen (secondary N) is 3. The zero-order chi connectivity index (χ0) is 21.6. The minimum Gasteiger partial charge on any atom is -0.355 e. The Labute approximate surface area is 176 Å². The van der Waals surface area contributed by atoms with Crippen LogP contribution in [-0.2, 0) is 11.0 Å². The molecule has 168 valence electrons. The number of carbonyl (C=O) groups is 1. The number of fused-ring (bicyclic) bond motifs is 2. The number of nitrogens with zero attached hydrogens (tertiary/aromatic N) is 5. The van der Waals surface area contributed by atoms with Gasteiger partial charge in [-0.3, -0.25) is 15.6 Å². The molecule has 0 aromatic carbocycles. The lowest BCUT2D eigenvalue weighted by Crippen LogP contribution is -2.47. The summed E-state index contributed by atoms with van der Waals surface area (Å²) in [4.78, 5) is 14.7. The van der Waals surface area contributed by atoms with E-state index in [1.165, 1.54) is 6.07 Å². The highest BCUT2D eigenvalue weighted by atomic mass is 19.4. The van der Waals surface area contributed by atoms with Gasteiger partial charge >= 0.3 is 6.18 Å². The Morgan fingerprint density at radius 1 is 1.13 bits per heavy atom. The van der Waals surface area contributed by atoms with Gasteiger partial charge in [-0.2, -0.15) is 17.7 Å². The fourth-order valence-electron chi connectivity index (χ4n) is 4.95. The molecule has 1 saturated carbocycles. The highest BCUT2D eigenvalue weighted by Crippen LogP contribution is 2.30. The highest BCUT2D eigenvalue weighted by Gasteiger charge is 2.38. The minimum atomic E-state index is -4.63. The third-order valence-corrected chi connectivity index (χ3v) is 6.67. The molecule has 2 aromatic rings. The van der Waals surface area contributed by atoms with Gasteiger partial charge in [-0.15, -0.1) is 15.3 Å². The average molecular weight is 438 g/mol. The van der Waals surface area contributed by atoms with Crippen molar-refractivity contribution in [1.29, 1.82) is 0 Å². The second-order valence-corrected chi connectivity index (χ2v) is 8.65. The molecule has 4 heterocycles. The fraction of sp³-hybridized carbons (Fsp3) is 0.684. The highest BCUT2D eigenvalue weighted by molar-refractivity contribution is 5.79. The number of rotatable bonds is 3. The van der Waals surface area contributed by atoms with Crippen molar-refractivity contribution in [1.82, 2.24) is 36.0 Å². The zero-order valence-corrected chi connectivity index (χ0v) is 16.9. The van der Waals surface area contributed by atoms with Crippen molar-refractivity contribution in [3.63, 3.8) is 0 Å². The van der Waals surface area contributed by atoms with Crippen molar-refractivity contribution >= 4 is 17.4 Å². The molecule has 1 aliphatic carbocycles. The Kier molecular flexibility index (Phi) is 5.21. The van der Waals surface area contributed by atoms with Gasteiger partial charge < -0.3 is 10.2 Å². The van der Waals surface area contributed by atoms with Crippen LogP contribution in [0.5, 0.6) is 0 Å². The summed E-state index contributed by atoms with van der Waals surface area (Å²) in [7, 11) is 0. The fourth-order valence-corrected chi connectivity index (χ4v) is 4.95. The number of carbonyl (C=O) groups excluding carboxylic acids is 1.